The second kappa shape index (κ2) is 4.27. The fourth-order valence-corrected chi connectivity index (χ4v) is 1.94. The topological polar surface area (TPSA) is 57.8 Å². The molecule has 0 spiro atoms. The molecule has 1 amide bonds. The van der Waals surface area contributed by atoms with Gasteiger partial charge in [-0.3, -0.25) is 9.89 Å². The molecule has 0 unspecified atom stereocenters. The van der Waals surface area contributed by atoms with Crippen molar-refractivity contribution in [2.75, 3.05) is 6.54 Å². The average molecular weight is 221 g/mol. The van der Waals surface area contributed by atoms with Crippen molar-refractivity contribution >= 4 is 17.2 Å². The van der Waals surface area contributed by atoms with Gasteiger partial charge in [0, 0.05) is 6.54 Å². The zero-order chi connectivity index (χ0) is 10.7. The largest absolute Gasteiger partial charge is 0.351 e. The molecule has 0 fully saturated rings. The van der Waals surface area contributed by atoms with Crippen LogP contribution in [0.2, 0.25) is 0 Å². The first-order valence-corrected chi connectivity index (χ1v) is 5.56. The number of aromatic nitrogens is 2. The van der Waals surface area contributed by atoms with Crippen LogP contribution in [0.1, 0.15) is 17.4 Å². The molecule has 0 aliphatic carbocycles. The Balaban J connectivity index is 2.21. The molecule has 15 heavy (non-hydrogen) atoms. The number of rotatable bonds is 3. The number of amides is 1. The maximum atomic E-state index is 11.4. The van der Waals surface area contributed by atoms with Crippen molar-refractivity contribution in [2.45, 2.75) is 6.92 Å². The minimum atomic E-state index is -0.142. The second-order valence-electron chi connectivity index (χ2n) is 3.00. The second-order valence-corrected chi connectivity index (χ2v) is 3.95. The van der Waals surface area contributed by atoms with Crippen LogP contribution in [0.25, 0.3) is 10.6 Å². The van der Waals surface area contributed by atoms with Gasteiger partial charge in [0.25, 0.3) is 5.91 Å². The standard InChI is InChI=1S/C10H11N3OS/c1-2-11-10(14)8-6-7(12-13-8)9-4-3-5-15-9/h3-6H,2H2,1H3,(H,11,14)(H,12,13). The van der Waals surface area contributed by atoms with E-state index in [1.54, 1.807) is 17.4 Å². The molecule has 4 nitrogen and oxygen atoms in total. The number of nitrogens with zero attached hydrogens (tertiary/aromatic N) is 1. The maximum Gasteiger partial charge on any atom is 0.271 e. The number of H-pyrrole nitrogens is 1. The molecule has 2 heterocycles. The number of nitrogens with one attached hydrogen (secondary N) is 2. The van der Waals surface area contributed by atoms with Crippen LogP contribution in [0.5, 0.6) is 0 Å². The van der Waals surface area contributed by atoms with Crippen LogP contribution >= 0.6 is 11.3 Å². The Morgan fingerprint density at radius 3 is 3.20 bits per heavy atom. The van der Waals surface area contributed by atoms with Crippen LogP contribution in [0, 0.1) is 0 Å². The molecule has 5 heteroatoms. The van der Waals surface area contributed by atoms with Crippen molar-refractivity contribution < 1.29 is 4.79 Å². The van der Waals surface area contributed by atoms with Crippen LogP contribution in [0.15, 0.2) is 23.6 Å². The lowest BCUT2D eigenvalue weighted by molar-refractivity contribution is 0.0951. The zero-order valence-corrected chi connectivity index (χ0v) is 9.10. The summed E-state index contributed by atoms with van der Waals surface area (Å²) in [5.41, 5.74) is 1.31. The van der Waals surface area contributed by atoms with Gasteiger partial charge in [-0.05, 0) is 24.4 Å². The SMILES string of the molecule is CCNC(=O)c1cc(-c2cccs2)[nH]n1. The molecule has 0 aliphatic heterocycles. The highest BCUT2D eigenvalue weighted by molar-refractivity contribution is 7.13. The molecular weight excluding hydrogens is 210 g/mol. The summed E-state index contributed by atoms with van der Waals surface area (Å²) >= 11 is 1.61. The predicted molar refractivity (Wildman–Crippen MR) is 59.9 cm³/mol. The Morgan fingerprint density at radius 2 is 2.53 bits per heavy atom. The van der Waals surface area contributed by atoms with E-state index in [9.17, 15) is 4.79 Å². The van der Waals surface area contributed by atoms with Crippen molar-refractivity contribution in [1.82, 2.24) is 15.5 Å². The van der Waals surface area contributed by atoms with E-state index < -0.39 is 0 Å². The number of aromatic amines is 1. The van der Waals surface area contributed by atoms with E-state index in [4.69, 9.17) is 0 Å². The first-order valence-electron chi connectivity index (χ1n) is 4.68. The summed E-state index contributed by atoms with van der Waals surface area (Å²) in [6.07, 6.45) is 0. The quantitative estimate of drug-likeness (QED) is 0.831. The van der Waals surface area contributed by atoms with Crippen LogP contribution < -0.4 is 5.32 Å². The van der Waals surface area contributed by atoms with E-state index in [-0.39, 0.29) is 5.91 Å². The molecular formula is C10H11N3OS. The Kier molecular flexibility index (Phi) is 2.82. The number of thiophene rings is 1. The van der Waals surface area contributed by atoms with E-state index in [2.05, 4.69) is 15.5 Å². The minimum Gasteiger partial charge on any atom is -0.351 e. The van der Waals surface area contributed by atoms with Crippen molar-refractivity contribution in [3.05, 3.63) is 29.3 Å². The molecule has 0 saturated carbocycles. The molecule has 2 rings (SSSR count). The van der Waals surface area contributed by atoms with Gasteiger partial charge >= 0.3 is 0 Å². The number of carbonyl (C=O) groups is 1. The third-order valence-corrected chi connectivity index (χ3v) is 2.84. The smallest absolute Gasteiger partial charge is 0.271 e. The van der Waals surface area contributed by atoms with Gasteiger partial charge in [0.15, 0.2) is 5.69 Å². The minimum absolute atomic E-state index is 0.142. The highest BCUT2D eigenvalue weighted by atomic mass is 32.1. The molecule has 78 valence electrons. The van der Waals surface area contributed by atoms with Gasteiger partial charge in [-0.25, -0.2) is 0 Å². The van der Waals surface area contributed by atoms with E-state index in [0.717, 1.165) is 10.6 Å². The fraction of sp³-hybridized carbons (Fsp3) is 0.200. The Hall–Kier alpha value is -1.62. The Bertz CT molecular complexity index is 447. The Morgan fingerprint density at radius 1 is 1.67 bits per heavy atom. The van der Waals surface area contributed by atoms with Crippen LogP contribution in [0.4, 0.5) is 0 Å². The van der Waals surface area contributed by atoms with Gasteiger partial charge in [0.1, 0.15) is 0 Å². The van der Waals surface area contributed by atoms with Gasteiger partial charge in [-0.15, -0.1) is 11.3 Å². The lowest BCUT2D eigenvalue weighted by Crippen LogP contribution is -2.22. The summed E-state index contributed by atoms with van der Waals surface area (Å²) in [5.74, 6) is -0.142. The lowest BCUT2D eigenvalue weighted by Gasteiger charge is -1.95. The van der Waals surface area contributed by atoms with Crippen molar-refractivity contribution in [3.63, 3.8) is 0 Å². The van der Waals surface area contributed by atoms with Gasteiger partial charge in [0.05, 0.1) is 10.6 Å². The number of hydrogen-bond donors (Lipinski definition) is 2. The highest BCUT2D eigenvalue weighted by Crippen LogP contribution is 2.22. The molecule has 0 bridgehead atoms. The summed E-state index contributed by atoms with van der Waals surface area (Å²) in [6, 6.07) is 5.71. The molecule has 0 radical (unpaired) electrons. The first kappa shape index (κ1) is 9.92. The molecule has 0 saturated heterocycles. The van der Waals surface area contributed by atoms with E-state index >= 15 is 0 Å². The first-order chi connectivity index (χ1) is 7.31. The van der Waals surface area contributed by atoms with E-state index in [1.165, 1.54) is 0 Å². The van der Waals surface area contributed by atoms with Crippen LogP contribution in [0.3, 0.4) is 0 Å². The average Bonchev–Trinajstić information content (AvgIpc) is 2.89. The fourth-order valence-electron chi connectivity index (χ4n) is 1.25. The van der Waals surface area contributed by atoms with Crippen molar-refractivity contribution in [1.29, 1.82) is 0 Å². The summed E-state index contributed by atoms with van der Waals surface area (Å²) in [4.78, 5) is 12.5. The summed E-state index contributed by atoms with van der Waals surface area (Å²) in [6.45, 7) is 2.49. The van der Waals surface area contributed by atoms with Crippen LogP contribution in [-0.2, 0) is 0 Å². The van der Waals surface area contributed by atoms with Crippen molar-refractivity contribution in [3.8, 4) is 10.6 Å². The third kappa shape index (κ3) is 2.07. The Labute approximate surface area is 91.3 Å². The molecule has 2 aromatic heterocycles. The zero-order valence-electron chi connectivity index (χ0n) is 8.28. The molecule has 0 aromatic carbocycles. The molecule has 2 aromatic rings. The number of hydrogen-bond acceptors (Lipinski definition) is 3. The third-order valence-electron chi connectivity index (χ3n) is 1.93. The van der Waals surface area contributed by atoms with Gasteiger partial charge < -0.3 is 5.32 Å². The highest BCUT2D eigenvalue weighted by Gasteiger charge is 2.10. The normalized spacial score (nSPS) is 10.2. The predicted octanol–water partition coefficient (Wildman–Crippen LogP) is 1.89. The summed E-state index contributed by atoms with van der Waals surface area (Å²) < 4.78 is 0. The number of carbonyl (C=O) groups excluding carboxylic acids is 1. The van der Waals surface area contributed by atoms with E-state index in [1.807, 2.05) is 24.4 Å². The summed E-state index contributed by atoms with van der Waals surface area (Å²) in [7, 11) is 0. The van der Waals surface area contributed by atoms with Crippen molar-refractivity contribution in [2.24, 2.45) is 0 Å². The lowest BCUT2D eigenvalue weighted by atomic mass is 10.3. The monoisotopic (exact) mass is 221 g/mol. The molecule has 0 atom stereocenters. The molecule has 0 aliphatic rings. The maximum absolute atomic E-state index is 11.4. The van der Waals surface area contributed by atoms with Gasteiger partial charge in [0.2, 0.25) is 0 Å². The van der Waals surface area contributed by atoms with Crippen LogP contribution in [-0.4, -0.2) is 22.6 Å². The van der Waals surface area contributed by atoms with Gasteiger partial charge in [-0.1, -0.05) is 6.07 Å². The summed E-state index contributed by atoms with van der Waals surface area (Å²) in [5, 5.41) is 11.5. The van der Waals surface area contributed by atoms with Gasteiger partial charge in [-0.2, -0.15) is 5.10 Å². The van der Waals surface area contributed by atoms with E-state index in [0.29, 0.717) is 12.2 Å². The molecule has 2 N–H and O–H groups in total.